The summed E-state index contributed by atoms with van der Waals surface area (Å²) in [7, 11) is 0. The molecule has 38 heavy (non-hydrogen) atoms. The molecule has 0 spiro atoms. The number of thioether (sulfide) groups is 1. The lowest BCUT2D eigenvalue weighted by molar-refractivity contribution is -0.121. The summed E-state index contributed by atoms with van der Waals surface area (Å²) in [5, 5.41) is 3.16. The summed E-state index contributed by atoms with van der Waals surface area (Å²) in [6, 6.07) is 8.42. The van der Waals surface area contributed by atoms with Crippen molar-refractivity contribution in [1.29, 1.82) is 0 Å². The lowest BCUT2D eigenvalue weighted by Crippen LogP contribution is -2.55. The molecule has 2 unspecified atom stereocenters. The minimum absolute atomic E-state index is 0.0303. The number of nitrogens with one attached hydrogen (secondary N) is 1. The van der Waals surface area contributed by atoms with Crippen molar-refractivity contribution in [3.8, 4) is 0 Å². The Labute approximate surface area is 234 Å². The van der Waals surface area contributed by atoms with Crippen LogP contribution in [0.4, 0.5) is 10.2 Å². The number of rotatable bonds is 8. The lowest BCUT2D eigenvalue weighted by Gasteiger charge is -2.42. The molecule has 2 aliphatic rings. The molecule has 0 radical (unpaired) electrons. The fourth-order valence-corrected chi connectivity index (χ4v) is 6.31. The van der Waals surface area contributed by atoms with Crippen molar-refractivity contribution < 1.29 is 14.0 Å². The van der Waals surface area contributed by atoms with E-state index in [1.54, 1.807) is 11.8 Å². The molecule has 2 atom stereocenters. The molecule has 2 aliphatic heterocycles. The molecule has 2 fully saturated rings. The highest BCUT2D eigenvalue weighted by atomic mass is 35.5. The Morgan fingerprint density at radius 2 is 1.84 bits per heavy atom. The summed E-state index contributed by atoms with van der Waals surface area (Å²) < 4.78 is 13.5. The first-order chi connectivity index (χ1) is 17.9. The van der Waals surface area contributed by atoms with Crippen molar-refractivity contribution in [2.45, 2.75) is 77.4 Å². The van der Waals surface area contributed by atoms with Crippen LogP contribution in [0.15, 0.2) is 35.2 Å². The molecule has 1 N–H and O–H groups in total. The van der Waals surface area contributed by atoms with Gasteiger partial charge in [0.2, 0.25) is 5.91 Å². The van der Waals surface area contributed by atoms with Crippen LogP contribution in [-0.4, -0.2) is 52.6 Å². The number of hydrogen-bond donors (Lipinski definition) is 1. The van der Waals surface area contributed by atoms with Gasteiger partial charge < -0.3 is 15.1 Å². The van der Waals surface area contributed by atoms with Gasteiger partial charge in [0, 0.05) is 42.2 Å². The molecule has 9 heteroatoms. The second-order valence-electron chi connectivity index (χ2n) is 12.0. The van der Waals surface area contributed by atoms with Crippen LogP contribution in [-0.2, 0) is 11.3 Å². The highest BCUT2D eigenvalue weighted by molar-refractivity contribution is 7.99. The topological polar surface area (TPSA) is 65.5 Å². The first kappa shape index (κ1) is 28.7. The van der Waals surface area contributed by atoms with Gasteiger partial charge in [-0.15, -0.1) is 11.8 Å². The van der Waals surface area contributed by atoms with Crippen LogP contribution >= 0.6 is 23.4 Å². The van der Waals surface area contributed by atoms with E-state index in [2.05, 4.69) is 43.1 Å². The summed E-state index contributed by atoms with van der Waals surface area (Å²) in [6.45, 7) is 12.2. The number of carbonyl (C=O) groups is 2. The largest absolute Gasteiger partial charge is 0.350 e. The lowest BCUT2D eigenvalue weighted by atomic mass is 10.0. The molecular weight excluding hydrogens is 523 g/mol. The van der Waals surface area contributed by atoms with Crippen LogP contribution in [0, 0.1) is 17.2 Å². The van der Waals surface area contributed by atoms with E-state index in [1.807, 2.05) is 18.7 Å². The summed E-state index contributed by atoms with van der Waals surface area (Å²) >= 11 is 8.00. The van der Waals surface area contributed by atoms with Crippen molar-refractivity contribution in [2.75, 3.05) is 23.7 Å². The molecule has 2 aromatic rings. The third kappa shape index (κ3) is 7.20. The Hall–Kier alpha value is -2.32. The van der Waals surface area contributed by atoms with Gasteiger partial charge in [0.15, 0.2) is 0 Å². The average Bonchev–Trinajstić information content (AvgIpc) is 3.09. The molecular formula is C29H38ClFN4O2S. The Morgan fingerprint density at radius 3 is 2.45 bits per heavy atom. The number of anilines is 1. The number of nitrogens with zero attached hydrogens (tertiary/aromatic N) is 3. The fraction of sp³-hybridized carbons (Fsp3) is 0.552. The number of halogens is 2. The van der Waals surface area contributed by atoms with Crippen molar-refractivity contribution in [3.63, 3.8) is 0 Å². The Bertz CT molecular complexity index is 1170. The number of piperazine rings is 1. The number of benzene rings is 1. The van der Waals surface area contributed by atoms with Crippen molar-refractivity contribution in [2.24, 2.45) is 11.3 Å². The molecule has 4 rings (SSSR count). The van der Waals surface area contributed by atoms with E-state index in [0.29, 0.717) is 37.5 Å². The van der Waals surface area contributed by atoms with E-state index < -0.39 is 5.82 Å². The van der Waals surface area contributed by atoms with Gasteiger partial charge in [-0.3, -0.25) is 9.59 Å². The highest BCUT2D eigenvalue weighted by Gasteiger charge is 2.42. The maximum absolute atomic E-state index is 13.5. The zero-order valence-corrected chi connectivity index (χ0v) is 24.5. The van der Waals surface area contributed by atoms with Gasteiger partial charge in [0.05, 0.1) is 22.8 Å². The fourth-order valence-electron chi connectivity index (χ4n) is 5.06. The summed E-state index contributed by atoms with van der Waals surface area (Å²) in [4.78, 5) is 35.9. The van der Waals surface area contributed by atoms with Crippen LogP contribution in [0.3, 0.4) is 0 Å². The van der Waals surface area contributed by atoms with Crippen LogP contribution < -0.4 is 10.2 Å². The average molecular weight is 561 g/mol. The minimum Gasteiger partial charge on any atom is -0.350 e. The zero-order valence-electron chi connectivity index (χ0n) is 22.9. The maximum atomic E-state index is 13.5. The zero-order chi connectivity index (χ0) is 27.6. The Kier molecular flexibility index (Phi) is 8.92. The number of aromatic nitrogens is 1. The van der Waals surface area contributed by atoms with Crippen molar-refractivity contribution in [1.82, 2.24) is 15.2 Å². The van der Waals surface area contributed by atoms with Crippen LogP contribution in [0.2, 0.25) is 5.02 Å². The molecule has 206 valence electrons. The Balaban J connectivity index is 1.54. The van der Waals surface area contributed by atoms with E-state index in [0.717, 1.165) is 35.0 Å². The van der Waals surface area contributed by atoms with E-state index in [-0.39, 0.29) is 34.3 Å². The van der Waals surface area contributed by atoms with E-state index in [9.17, 15) is 14.0 Å². The minimum atomic E-state index is -0.456. The monoisotopic (exact) mass is 560 g/mol. The summed E-state index contributed by atoms with van der Waals surface area (Å²) in [6.07, 6.45) is 2.42. The van der Waals surface area contributed by atoms with E-state index in [1.165, 1.54) is 18.2 Å². The normalized spacial score (nSPS) is 19.3. The van der Waals surface area contributed by atoms with Crippen molar-refractivity contribution in [3.05, 3.63) is 52.4 Å². The van der Waals surface area contributed by atoms with Crippen LogP contribution in [0.25, 0.3) is 0 Å². The van der Waals surface area contributed by atoms with Gasteiger partial charge in [-0.25, -0.2) is 9.37 Å². The first-order valence-electron chi connectivity index (χ1n) is 13.3. The third-order valence-corrected chi connectivity index (χ3v) is 8.66. The van der Waals surface area contributed by atoms with E-state index >= 15 is 0 Å². The first-order valence-corrected chi connectivity index (χ1v) is 14.7. The van der Waals surface area contributed by atoms with Crippen LogP contribution in [0.5, 0.6) is 0 Å². The second kappa shape index (κ2) is 11.8. The third-order valence-electron chi connectivity index (χ3n) is 6.77. The predicted octanol–water partition coefficient (Wildman–Crippen LogP) is 6.17. The smallest absolute Gasteiger partial charge is 0.255 e. The number of hydrogen-bond acceptors (Lipinski definition) is 5. The van der Waals surface area contributed by atoms with Gasteiger partial charge >= 0.3 is 0 Å². The number of pyridine rings is 1. The quantitative estimate of drug-likeness (QED) is 0.391. The van der Waals surface area contributed by atoms with Gasteiger partial charge in [-0.2, -0.15) is 0 Å². The van der Waals surface area contributed by atoms with Gasteiger partial charge in [0.25, 0.3) is 5.91 Å². The number of carbonyl (C=O) groups excluding carboxylic acids is 2. The van der Waals surface area contributed by atoms with E-state index in [4.69, 9.17) is 16.6 Å². The highest BCUT2D eigenvalue weighted by Crippen LogP contribution is 2.37. The molecule has 0 saturated carbocycles. The van der Waals surface area contributed by atoms with Crippen molar-refractivity contribution >= 4 is 41.0 Å². The van der Waals surface area contributed by atoms with Gasteiger partial charge in [0.1, 0.15) is 11.6 Å². The molecule has 2 bridgehead atoms. The predicted molar refractivity (Wildman–Crippen MR) is 152 cm³/mol. The number of amides is 2. The second-order valence-corrected chi connectivity index (χ2v) is 13.5. The van der Waals surface area contributed by atoms with Crippen LogP contribution in [0.1, 0.15) is 69.9 Å². The molecule has 6 nitrogen and oxygen atoms in total. The summed E-state index contributed by atoms with van der Waals surface area (Å²) in [5.41, 5.74) is 1.35. The maximum Gasteiger partial charge on any atom is 0.255 e. The van der Waals surface area contributed by atoms with Gasteiger partial charge in [-0.05, 0) is 54.5 Å². The molecule has 2 amide bonds. The molecule has 1 aromatic carbocycles. The molecule has 2 saturated heterocycles. The van der Waals surface area contributed by atoms with Gasteiger partial charge in [-0.1, -0.05) is 46.2 Å². The number of fused-ring (bicyclic) bond motifs is 2. The summed E-state index contributed by atoms with van der Waals surface area (Å²) in [5.74, 6) is 1.57. The standard InChI is InChI=1S/C29H38ClFN4O2S/c1-18(2)10-27(36)32-14-20-12-23(38-17-29(3,4)5)13-26(33-20)35-21-7-8-22(35)16-34(15-21)28(37)24-9-6-19(31)11-25(24)30/h6,9,11-13,18,21-22H,7-8,10,14-17H2,1-5H3,(H,32,36). The number of likely N-dealkylation sites (tertiary alicyclic amines) is 1. The Morgan fingerprint density at radius 1 is 1.16 bits per heavy atom. The molecule has 0 aliphatic carbocycles. The molecule has 1 aromatic heterocycles. The SMILES string of the molecule is CC(C)CC(=O)NCc1cc(SCC(C)(C)C)cc(N2C3CCC2CN(C(=O)c2ccc(F)cc2Cl)C3)n1. The molecule has 3 heterocycles.